The summed E-state index contributed by atoms with van der Waals surface area (Å²) in [4.78, 5) is 48.0. The molecule has 0 unspecified atom stereocenters. The van der Waals surface area contributed by atoms with Gasteiger partial charge >= 0.3 is 36.4 Å². The second-order valence-electron chi connectivity index (χ2n) is 5.07. The molecule has 1 amide bonds. The van der Waals surface area contributed by atoms with Crippen LogP contribution in [-0.4, -0.2) is 83.9 Å². The SMILES string of the molecule is CCOC(=O)NC(=NCCC[C@H](N)C(=O)O)NOC.O=C(O)C(F)(F)F.O=C(O)C(F)(F)F. The largest absolute Gasteiger partial charge is 0.490 e. The van der Waals surface area contributed by atoms with Crippen molar-refractivity contribution in [2.45, 2.75) is 38.2 Å². The summed E-state index contributed by atoms with van der Waals surface area (Å²) >= 11 is 0. The quantitative estimate of drug-likeness (QED) is 0.0934. The van der Waals surface area contributed by atoms with Crippen molar-refractivity contribution in [3.63, 3.8) is 0 Å². The smallest absolute Gasteiger partial charge is 0.480 e. The molecule has 0 aromatic heterocycles. The monoisotopic (exact) mass is 504 g/mol. The zero-order chi connectivity index (χ0) is 26.8. The lowest BCUT2D eigenvalue weighted by Crippen LogP contribution is -2.41. The van der Waals surface area contributed by atoms with Crippen LogP contribution in [0.4, 0.5) is 31.1 Å². The number of aliphatic imine (C=N–C) groups is 1. The minimum Gasteiger partial charge on any atom is -0.480 e. The number of hydrogen-bond donors (Lipinski definition) is 6. The number of carbonyl (C=O) groups excluding carboxylic acids is 1. The molecule has 7 N–H and O–H groups in total. The highest BCUT2D eigenvalue weighted by molar-refractivity contribution is 5.93. The van der Waals surface area contributed by atoms with E-state index in [1.807, 2.05) is 0 Å². The first-order chi connectivity index (χ1) is 14.9. The van der Waals surface area contributed by atoms with E-state index in [4.69, 9.17) is 30.6 Å². The van der Waals surface area contributed by atoms with Gasteiger partial charge in [-0.3, -0.25) is 19.9 Å². The lowest BCUT2D eigenvalue weighted by molar-refractivity contribution is -0.193. The molecule has 0 aliphatic carbocycles. The molecule has 0 aromatic carbocycles. The lowest BCUT2D eigenvalue weighted by atomic mass is 10.2. The fourth-order valence-corrected chi connectivity index (χ4v) is 1.08. The maximum absolute atomic E-state index is 11.2. The normalized spacial score (nSPS) is 12.1. The molecule has 19 heteroatoms. The summed E-state index contributed by atoms with van der Waals surface area (Å²) in [6, 6.07) is -0.910. The summed E-state index contributed by atoms with van der Waals surface area (Å²) in [7, 11) is 1.36. The van der Waals surface area contributed by atoms with E-state index in [9.17, 15) is 35.9 Å². The Bertz CT molecular complexity index is 632. The van der Waals surface area contributed by atoms with Crippen LogP contribution >= 0.6 is 0 Å². The molecule has 33 heavy (non-hydrogen) atoms. The number of amides is 1. The van der Waals surface area contributed by atoms with Gasteiger partial charge in [-0.05, 0) is 19.8 Å². The maximum Gasteiger partial charge on any atom is 0.490 e. The zero-order valence-corrected chi connectivity index (χ0v) is 17.0. The molecule has 0 heterocycles. The van der Waals surface area contributed by atoms with E-state index in [-0.39, 0.29) is 12.6 Å². The number of carbonyl (C=O) groups is 4. The van der Waals surface area contributed by atoms with E-state index in [1.54, 1.807) is 6.92 Å². The van der Waals surface area contributed by atoms with Crippen LogP contribution in [0, 0.1) is 0 Å². The van der Waals surface area contributed by atoms with Gasteiger partial charge in [-0.15, -0.1) is 0 Å². The number of nitrogens with two attached hydrogens (primary N) is 1. The van der Waals surface area contributed by atoms with Crippen LogP contribution in [0.1, 0.15) is 19.8 Å². The second kappa shape index (κ2) is 17.2. The Labute approximate surface area is 181 Å². The summed E-state index contributed by atoms with van der Waals surface area (Å²) in [6.07, 6.45) is -10.1. The predicted molar refractivity (Wildman–Crippen MR) is 94.8 cm³/mol. The Hall–Kier alpha value is -3.35. The number of nitrogens with one attached hydrogen (secondary N) is 2. The number of alkyl halides is 6. The highest BCUT2D eigenvalue weighted by Gasteiger charge is 2.38. The number of ether oxygens (including phenoxy) is 1. The Morgan fingerprint density at radius 1 is 1.00 bits per heavy atom. The molecule has 0 bridgehead atoms. The Morgan fingerprint density at radius 3 is 1.73 bits per heavy atom. The molecule has 0 saturated heterocycles. The average molecular weight is 504 g/mol. The number of rotatable bonds is 7. The number of aliphatic carboxylic acids is 3. The third-order valence-electron chi connectivity index (χ3n) is 2.44. The molecule has 0 spiro atoms. The molecule has 0 radical (unpaired) electrons. The summed E-state index contributed by atoms with van der Waals surface area (Å²) < 4.78 is 68.1. The molecule has 194 valence electrons. The topological polar surface area (TPSA) is 210 Å². The Morgan fingerprint density at radius 2 is 1.42 bits per heavy atom. The minimum absolute atomic E-state index is 0.0878. The van der Waals surface area contributed by atoms with Crippen molar-refractivity contribution in [3.05, 3.63) is 0 Å². The summed E-state index contributed by atoms with van der Waals surface area (Å²) in [5.41, 5.74) is 7.71. The van der Waals surface area contributed by atoms with Gasteiger partial charge in [0.15, 0.2) is 0 Å². The first-order valence-corrected chi connectivity index (χ1v) is 8.25. The molecule has 0 fully saturated rings. The van der Waals surface area contributed by atoms with Crippen LogP contribution in [0.15, 0.2) is 4.99 Å². The molecular weight excluding hydrogens is 482 g/mol. The van der Waals surface area contributed by atoms with Crippen molar-refractivity contribution >= 4 is 30.0 Å². The van der Waals surface area contributed by atoms with E-state index >= 15 is 0 Å². The van der Waals surface area contributed by atoms with E-state index < -0.39 is 42.4 Å². The number of hydroxylamine groups is 1. The van der Waals surface area contributed by atoms with E-state index in [1.165, 1.54) is 7.11 Å². The maximum atomic E-state index is 11.2. The molecule has 0 aromatic rings. The van der Waals surface area contributed by atoms with E-state index in [0.717, 1.165) is 0 Å². The van der Waals surface area contributed by atoms with E-state index in [2.05, 4.69) is 25.4 Å². The van der Waals surface area contributed by atoms with Crippen LogP contribution in [0.25, 0.3) is 0 Å². The number of carboxylic acids is 3. The molecule has 1 atom stereocenters. The highest BCUT2D eigenvalue weighted by Crippen LogP contribution is 2.13. The lowest BCUT2D eigenvalue weighted by Gasteiger charge is -2.09. The number of hydrogen-bond acceptors (Lipinski definition) is 8. The molecule has 13 nitrogen and oxygen atoms in total. The number of halogens is 6. The molecule has 0 saturated carbocycles. The third kappa shape index (κ3) is 23.1. The summed E-state index contributed by atoms with van der Waals surface area (Å²) in [5.74, 6) is -6.48. The van der Waals surface area contributed by atoms with Gasteiger partial charge < -0.3 is 25.8 Å². The first kappa shape index (κ1) is 34.3. The van der Waals surface area contributed by atoms with Crippen molar-refractivity contribution in [1.29, 1.82) is 0 Å². The van der Waals surface area contributed by atoms with Gasteiger partial charge in [0, 0.05) is 6.54 Å². The number of nitrogens with zero attached hydrogens (tertiary/aromatic N) is 1. The molecular formula is C14H22F6N4O9. The minimum atomic E-state index is -5.08. The fourth-order valence-electron chi connectivity index (χ4n) is 1.08. The first-order valence-electron chi connectivity index (χ1n) is 8.25. The third-order valence-corrected chi connectivity index (χ3v) is 2.44. The van der Waals surface area contributed by atoms with Gasteiger partial charge in [0.2, 0.25) is 5.96 Å². The summed E-state index contributed by atoms with van der Waals surface area (Å²) in [6.45, 7) is 2.20. The zero-order valence-electron chi connectivity index (χ0n) is 17.0. The van der Waals surface area contributed by atoms with Crippen LogP contribution < -0.4 is 16.5 Å². The van der Waals surface area contributed by atoms with Crippen LogP contribution in [0.5, 0.6) is 0 Å². The fraction of sp³-hybridized carbons (Fsp3) is 0.643. The van der Waals surface area contributed by atoms with Crippen molar-refractivity contribution in [1.82, 2.24) is 10.8 Å². The van der Waals surface area contributed by atoms with Gasteiger partial charge in [0.25, 0.3) is 0 Å². The van der Waals surface area contributed by atoms with Crippen LogP contribution in [0.2, 0.25) is 0 Å². The second-order valence-corrected chi connectivity index (χ2v) is 5.07. The van der Waals surface area contributed by atoms with Crippen molar-refractivity contribution in [2.24, 2.45) is 10.7 Å². The number of carboxylic acid groups (broad SMARTS) is 3. The molecule has 0 aliphatic rings. The summed E-state index contributed by atoms with van der Waals surface area (Å²) in [5, 5.41) is 25.2. The number of alkyl carbamates (subject to hydrolysis) is 1. The van der Waals surface area contributed by atoms with Gasteiger partial charge in [0.05, 0.1) is 13.7 Å². The predicted octanol–water partition coefficient (Wildman–Crippen LogP) is 0.698. The molecule has 0 aliphatic heterocycles. The van der Waals surface area contributed by atoms with Crippen LogP contribution in [0.3, 0.4) is 0 Å². The van der Waals surface area contributed by atoms with Crippen molar-refractivity contribution < 1.29 is 70.4 Å². The van der Waals surface area contributed by atoms with Crippen LogP contribution in [-0.2, 0) is 24.0 Å². The standard InChI is InChI=1S/C10H20N4O5.2C2HF3O2/c1-3-19-10(17)13-9(14-18-2)12-6-4-5-7(11)8(15)16;2*3-2(4,5)1(6)7/h7H,3-6,11H2,1-2H3,(H,15,16)(H2,12,13,14,17);2*(H,6,7)/t7-;;/m0../s1. The number of guanidine groups is 1. The van der Waals surface area contributed by atoms with Gasteiger partial charge in [-0.1, -0.05) is 0 Å². The van der Waals surface area contributed by atoms with E-state index in [0.29, 0.717) is 19.4 Å². The van der Waals surface area contributed by atoms with Crippen molar-refractivity contribution in [2.75, 3.05) is 20.3 Å². The highest BCUT2D eigenvalue weighted by atomic mass is 19.4. The Kier molecular flexibility index (Phi) is 17.9. The van der Waals surface area contributed by atoms with Crippen molar-refractivity contribution in [3.8, 4) is 0 Å². The average Bonchev–Trinajstić information content (AvgIpc) is 2.64. The van der Waals surface area contributed by atoms with Gasteiger partial charge in [-0.2, -0.15) is 26.3 Å². The molecule has 0 rings (SSSR count). The Balaban J connectivity index is -0.000000524. The van der Waals surface area contributed by atoms with Gasteiger partial charge in [0.1, 0.15) is 6.04 Å². The van der Waals surface area contributed by atoms with Gasteiger partial charge in [-0.25, -0.2) is 19.9 Å².